The monoisotopic (exact) mass is 257 g/mol. The summed E-state index contributed by atoms with van der Waals surface area (Å²) in [6.07, 6.45) is 2.27. The predicted molar refractivity (Wildman–Crippen MR) is 61.3 cm³/mol. The Hall–Kier alpha value is -1.15. The number of rotatable bonds is 5. The van der Waals surface area contributed by atoms with E-state index in [0.717, 1.165) is 19.4 Å². The first-order valence-corrected chi connectivity index (χ1v) is 6.38. The molecule has 0 aromatic carbocycles. The second-order valence-corrected chi connectivity index (χ2v) is 5.25. The predicted octanol–water partition coefficient (Wildman–Crippen LogP) is -0.182. The van der Waals surface area contributed by atoms with Gasteiger partial charge in [-0.25, -0.2) is 4.68 Å². The fourth-order valence-corrected chi connectivity index (χ4v) is 2.34. The number of ether oxygens (including phenoxy) is 1. The molecule has 7 nitrogen and oxygen atoms in total. The molecule has 2 heterocycles. The Morgan fingerprint density at radius 2 is 2.59 bits per heavy atom. The number of amides is 1. The summed E-state index contributed by atoms with van der Waals surface area (Å²) in [5, 5.41) is 11.6. The minimum atomic E-state index is -0.373. The highest BCUT2D eigenvalue weighted by molar-refractivity contribution is 8.00. The zero-order valence-electron chi connectivity index (χ0n) is 9.57. The number of carbonyl (C=O) groups excluding carboxylic acids is 1. The first kappa shape index (κ1) is 12.3. The van der Waals surface area contributed by atoms with Gasteiger partial charge in [0.1, 0.15) is 0 Å². The number of carbonyl (C=O) groups is 1. The molecule has 8 heteroatoms. The molecule has 1 aromatic rings. The highest BCUT2D eigenvalue weighted by Crippen LogP contribution is 2.21. The summed E-state index contributed by atoms with van der Waals surface area (Å²) in [4.78, 5) is 11.0. The van der Waals surface area contributed by atoms with Crippen molar-refractivity contribution in [3.8, 4) is 0 Å². The summed E-state index contributed by atoms with van der Waals surface area (Å²) in [7, 11) is 0. The molecular formula is C9H15N5O2S. The molecular weight excluding hydrogens is 242 g/mol. The van der Waals surface area contributed by atoms with Crippen LogP contribution in [-0.4, -0.2) is 44.1 Å². The smallest absolute Gasteiger partial charge is 0.230 e. The quantitative estimate of drug-likeness (QED) is 0.735. The topological polar surface area (TPSA) is 95.9 Å². The van der Waals surface area contributed by atoms with Crippen molar-refractivity contribution in [1.82, 2.24) is 20.2 Å². The van der Waals surface area contributed by atoms with Crippen molar-refractivity contribution in [2.24, 2.45) is 5.73 Å². The van der Waals surface area contributed by atoms with Crippen LogP contribution in [0.15, 0.2) is 5.16 Å². The van der Waals surface area contributed by atoms with Gasteiger partial charge in [-0.05, 0) is 30.2 Å². The average molecular weight is 257 g/mol. The molecule has 2 atom stereocenters. The van der Waals surface area contributed by atoms with E-state index in [9.17, 15) is 4.79 Å². The van der Waals surface area contributed by atoms with E-state index in [1.54, 1.807) is 11.6 Å². The lowest BCUT2D eigenvalue weighted by atomic mass is 10.2. The summed E-state index contributed by atoms with van der Waals surface area (Å²) >= 11 is 1.27. The maximum Gasteiger partial charge on any atom is 0.230 e. The molecule has 1 saturated heterocycles. The number of nitrogens with two attached hydrogens (primary N) is 1. The van der Waals surface area contributed by atoms with Crippen LogP contribution >= 0.6 is 11.8 Å². The number of nitrogens with zero attached hydrogens (tertiary/aromatic N) is 4. The van der Waals surface area contributed by atoms with Gasteiger partial charge in [-0.1, -0.05) is 11.8 Å². The summed E-state index contributed by atoms with van der Waals surface area (Å²) in [5.74, 6) is -0.373. The minimum absolute atomic E-state index is 0.168. The van der Waals surface area contributed by atoms with E-state index in [-0.39, 0.29) is 17.3 Å². The standard InChI is InChI=1S/C9H15N5O2S/c1-6(8(10)15)17-9-11-12-13-14(9)5-7-3-2-4-16-7/h6-7H,2-5H2,1H3,(H2,10,15)/t6-,7-/m0/s1. The van der Waals surface area contributed by atoms with Crippen molar-refractivity contribution in [2.45, 2.75) is 42.8 Å². The largest absolute Gasteiger partial charge is 0.376 e. The average Bonchev–Trinajstić information content (AvgIpc) is 2.91. The third-order valence-electron chi connectivity index (χ3n) is 2.58. The summed E-state index contributed by atoms with van der Waals surface area (Å²) in [6.45, 7) is 3.16. The van der Waals surface area contributed by atoms with Gasteiger partial charge >= 0.3 is 0 Å². The molecule has 1 aliphatic heterocycles. The van der Waals surface area contributed by atoms with Gasteiger partial charge in [-0.3, -0.25) is 4.79 Å². The van der Waals surface area contributed by atoms with Crippen LogP contribution in [0.5, 0.6) is 0 Å². The molecule has 0 radical (unpaired) electrons. The molecule has 94 valence electrons. The zero-order valence-corrected chi connectivity index (χ0v) is 10.4. The Bertz CT molecular complexity index is 390. The van der Waals surface area contributed by atoms with Crippen molar-refractivity contribution in [3.05, 3.63) is 0 Å². The van der Waals surface area contributed by atoms with Crippen molar-refractivity contribution in [3.63, 3.8) is 0 Å². The van der Waals surface area contributed by atoms with Gasteiger partial charge in [0, 0.05) is 6.61 Å². The molecule has 2 N–H and O–H groups in total. The maximum absolute atomic E-state index is 11.0. The third-order valence-corrected chi connectivity index (χ3v) is 3.67. The molecule has 2 rings (SSSR count). The van der Waals surface area contributed by atoms with Gasteiger partial charge in [-0.15, -0.1) is 5.10 Å². The summed E-state index contributed by atoms with van der Waals surface area (Å²) in [6, 6.07) is 0. The Morgan fingerprint density at radius 1 is 1.76 bits per heavy atom. The molecule has 0 saturated carbocycles. The van der Waals surface area contributed by atoms with Crippen LogP contribution in [0.2, 0.25) is 0 Å². The SMILES string of the molecule is C[C@H](Sc1nnnn1C[C@@H]1CCCO1)C(N)=O. The van der Waals surface area contributed by atoms with Crippen LogP contribution < -0.4 is 5.73 Å². The van der Waals surface area contributed by atoms with Gasteiger partial charge in [0.05, 0.1) is 17.9 Å². The number of tetrazole rings is 1. The van der Waals surface area contributed by atoms with Crippen LogP contribution in [0.1, 0.15) is 19.8 Å². The van der Waals surface area contributed by atoms with E-state index in [1.165, 1.54) is 11.8 Å². The molecule has 0 aliphatic carbocycles. The van der Waals surface area contributed by atoms with E-state index < -0.39 is 0 Å². The minimum Gasteiger partial charge on any atom is -0.376 e. The fraction of sp³-hybridized carbons (Fsp3) is 0.778. The van der Waals surface area contributed by atoms with Crippen molar-refractivity contribution < 1.29 is 9.53 Å². The third kappa shape index (κ3) is 3.16. The maximum atomic E-state index is 11.0. The van der Waals surface area contributed by atoms with Gasteiger partial charge in [0.25, 0.3) is 0 Å². The molecule has 0 spiro atoms. The molecule has 1 aliphatic rings. The number of thioether (sulfide) groups is 1. The first-order chi connectivity index (χ1) is 8.16. The first-order valence-electron chi connectivity index (χ1n) is 5.50. The molecule has 1 aromatic heterocycles. The molecule has 1 amide bonds. The van der Waals surface area contributed by atoms with E-state index in [1.807, 2.05) is 0 Å². The van der Waals surface area contributed by atoms with Crippen molar-refractivity contribution in [2.75, 3.05) is 6.61 Å². The van der Waals surface area contributed by atoms with Crippen LogP contribution in [0.25, 0.3) is 0 Å². The molecule has 1 fully saturated rings. The Balaban J connectivity index is 1.98. The normalized spacial score (nSPS) is 21.6. The lowest BCUT2D eigenvalue weighted by molar-refractivity contribution is -0.117. The lowest BCUT2D eigenvalue weighted by Gasteiger charge is -2.11. The van der Waals surface area contributed by atoms with Crippen molar-refractivity contribution >= 4 is 17.7 Å². The second kappa shape index (κ2) is 5.46. The van der Waals surface area contributed by atoms with Crippen LogP contribution in [-0.2, 0) is 16.1 Å². The highest BCUT2D eigenvalue weighted by Gasteiger charge is 2.21. The Kier molecular flexibility index (Phi) is 3.95. The molecule has 0 bridgehead atoms. The molecule has 17 heavy (non-hydrogen) atoms. The number of primary amides is 1. The second-order valence-electron chi connectivity index (χ2n) is 3.94. The summed E-state index contributed by atoms with van der Waals surface area (Å²) in [5.41, 5.74) is 5.20. The van der Waals surface area contributed by atoms with Crippen LogP contribution in [0.4, 0.5) is 0 Å². The number of hydrogen-bond acceptors (Lipinski definition) is 6. The van der Waals surface area contributed by atoms with E-state index in [2.05, 4.69) is 15.5 Å². The van der Waals surface area contributed by atoms with Crippen LogP contribution in [0, 0.1) is 0 Å². The van der Waals surface area contributed by atoms with Gasteiger partial charge in [-0.2, -0.15) is 0 Å². The lowest BCUT2D eigenvalue weighted by Crippen LogP contribution is -2.24. The fourth-order valence-electron chi connectivity index (χ4n) is 1.59. The van der Waals surface area contributed by atoms with Crippen LogP contribution in [0.3, 0.4) is 0 Å². The number of aromatic nitrogens is 4. The van der Waals surface area contributed by atoms with E-state index >= 15 is 0 Å². The van der Waals surface area contributed by atoms with Gasteiger partial charge < -0.3 is 10.5 Å². The number of hydrogen-bond donors (Lipinski definition) is 1. The van der Waals surface area contributed by atoms with Crippen molar-refractivity contribution in [1.29, 1.82) is 0 Å². The Labute approximate surface area is 103 Å². The zero-order chi connectivity index (χ0) is 12.3. The van der Waals surface area contributed by atoms with E-state index in [4.69, 9.17) is 10.5 Å². The highest BCUT2D eigenvalue weighted by atomic mass is 32.2. The van der Waals surface area contributed by atoms with E-state index in [0.29, 0.717) is 11.7 Å². The van der Waals surface area contributed by atoms with Gasteiger partial charge in [0.2, 0.25) is 11.1 Å². The molecule has 0 unspecified atom stereocenters. The Morgan fingerprint density at radius 3 is 3.24 bits per heavy atom. The summed E-state index contributed by atoms with van der Waals surface area (Å²) < 4.78 is 7.18. The van der Waals surface area contributed by atoms with Gasteiger partial charge in [0.15, 0.2) is 0 Å².